The molecule has 1 saturated heterocycles. The number of pyridine rings is 1. The van der Waals surface area contributed by atoms with E-state index in [2.05, 4.69) is 26.9 Å². The van der Waals surface area contributed by atoms with E-state index in [4.69, 9.17) is 11.6 Å². The van der Waals surface area contributed by atoms with Crippen molar-refractivity contribution in [3.63, 3.8) is 0 Å². The van der Waals surface area contributed by atoms with Crippen LogP contribution in [0.25, 0.3) is 0 Å². The molecule has 2 aromatic rings. The van der Waals surface area contributed by atoms with E-state index in [0.717, 1.165) is 50.3 Å². The van der Waals surface area contributed by atoms with Gasteiger partial charge in [-0.2, -0.15) is 0 Å². The summed E-state index contributed by atoms with van der Waals surface area (Å²) < 4.78 is 0. The van der Waals surface area contributed by atoms with Crippen molar-refractivity contribution >= 4 is 29.2 Å². The zero-order chi connectivity index (χ0) is 26.1. The number of hydrogen-bond acceptors (Lipinski definition) is 4. The number of piperidine rings is 1. The van der Waals surface area contributed by atoms with Gasteiger partial charge < -0.3 is 14.7 Å². The lowest BCUT2D eigenvalue weighted by molar-refractivity contribution is -0.140. The summed E-state index contributed by atoms with van der Waals surface area (Å²) in [5.41, 5.74) is 1.43. The fraction of sp³-hybridized carbons (Fsp3) is 0.552. The number of hydrogen-bond donors (Lipinski definition) is 0. The van der Waals surface area contributed by atoms with Crippen LogP contribution in [0.1, 0.15) is 61.9 Å². The van der Waals surface area contributed by atoms with E-state index in [-0.39, 0.29) is 17.0 Å². The Morgan fingerprint density at radius 2 is 1.69 bits per heavy atom. The first-order valence-corrected chi connectivity index (χ1v) is 13.3. The number of likely N-dealkylation sites (tertiary alicyclic amines) is 1. The largest absolute Gasteiger partial charge is 0.360 e. The van der Waals surface area contributed by atoms with E-state index in [1.165, 1.54) is 17.7 Å². The van der Waals surface area contributed by atoms with E-state index < -0.39 is 5.41 Å². The molecule has 36 heavy (non-hydrogen) atoms. The van der Waals surface area contributed by atoms with Crippen molar-refractivity contribution in [2.75, 3.05) is 45.7 Å². The number of benzene rings is 1. The summed E-state index contributed by atoms with van der Waals surface area (Å²) in [7, 11) is 5.44. The number of carbonyl (C=O) groups is 2. The molecule has 2 aliphatic rings. The average molecular weight is 511 g/mol. The lowest BCUT2D eigenvalue weighted by Crippen LogP contribution is -2.52. The second-order valence-corrected chi connectivity index (χ2v) is 11.8. The highest BCUT2D eigenvalue weighted by atomic mass is 35.5. The highest BCUT2D eigenvalue weighted by Crippen LogP contribution is 2.54. The molecule has 7 heteroatoms. The summed E-state index contributed by atoms with van der Waals surface area (Å²) >= 11 is 6.29. The van der Waals surface area contributed by atoms with Gasteiger partial charge in [0.2, 0.25) is 5.91 Å². The molecule has 0 radical (unpaired) electrons. The molecule has 0 N–H and O–H groups in total. The lowest BCUT2D eigenvalue weighted by Gasteiger charge is -2.53. The van der Waals surface area contributed by atoms with Gasteiger partial charge in [0.05, 0.1) is 11.0 Å². The molecule has 0 bridgehead atoms. The normalized spacial score (nSPS) is 17.6. The zero-order valence-electron chi connectivity index (χ0n) is 22.3. The molecular weight excluding hydrogens is 472 g/mol. The van der Waals surface area contributed by atoms with Crippen molar-refractivity contribution in [1.82, 2.24) is 14.8 Å². The maximum absolute atomic E-state index is 13.3. The Bertz CT molecular complexity index is 1090. The van der Waals surface area contributed by atoms with Crippen LogP contribution < -0.4 is 4.90 Å². The Hall–Kier alpha value is -2.60. The topological polar surface area (TPSA) is 56.8 Å². The van der Waals surface area contributed by atoms with Crippen LogP contribution in [0.2, 0.25) is 5.15 Å². The van der Waals surface area contributed by atoms with Crippen LogP contribution in [0.15, 0.2) is 42.5 Å². The predicted molar refractivity (Wildman–Crippen MR) is 146 cm³/mol. The van der Waals surface area contributed by atoms with E-state index in [9.17, 15) is 9.59 Å². The van der Waals surface area contributed by atoms with Crippen molar-refractivity contribution in [2.45, 2.75) is 51.4 Å². The van der Waals surface area contributed by atoms with Gasteiger partial charge in [0, 0.05) is 40.8 Å². The number of amides is 2. The Morgan fingerprint density at radius 3 is 2.28 bits per heavy atom. The van der Waals surface area contributed by atoms with E-state index >= 15 is 0 Å². The smallest absolute Gasteiger partial charge is 0.256 e. The standard InChI is InChI=1S/C29H39ClN4O2/c1-28(2,22-9-7-6-8-10-22)27(36)34-17-14-29(15-18-34)19-21(20-29)13-16-33(5)24-12-11-23(25(30)31-24)26(35)32(3)4/h6-12,21H,13-20H2,1-5H3. The van der Waals surface area contributed by atoms with Gasteiger partial charge in [0.1, 0.15) is 11.0 Å². The van der Waals surface area contributed by atoms with Crippen molar-refractivity contribution in [3.05, 3.63) is 58.7 Å². The minimum atomic E-state index is -0.493. The molecule has 1 aliphatic heterocycles. The number of halogens is 1. The van der Waals surface area contributed by atoms with Crippen LogP contribution in [-0.2, 0) is 10.2 Å². The third-order valence-corrected chi connectivity index (χ3v) is 8.61. The van der Waals surface area contributed by atoms with Crippen LogP contribution in [-0.4, -0.2) is 67.4 Å². The molecule has 1 aliphatic carbocycles. The third-order valence-electron chi connectivity index (χ3n) is 8.32. The van der Waals surface area contributed by atoms with Crippen molar-refractivity contribution < 1.29 is 9.59 Å². The van der Waals surface area contributed by atoms with Gasteiger partial charge in [-0.15, -0.1) is 0 Å². The number of aromatic nitrogens is 1. The molecule has 2 amide bonds. The second kappa shape index (κ2) is 10.4. The summed E-state index contributed by atoms with van der Waals surface area (Å²) in [6.45, 7) is 6.71. The Balaban J connectivity index is 1.24. The molecular formula is C29H39ClN4O2. The Morgan fingerprint density at radius 1 is 1.06 bits per heavy atom. The van der Waals surface area contributed by atoms with Crippen LogP contribution in [0, 0.1) is 11.3 Å². The number of carbonyl (C=O) groups excluding carboxylic acids is 2. The first-order valence-electron chi connectivity index (χ1n) is 13.0. The fourth-order valence-electron chi connectivity index (χ4n) is 5.86. The van der Waals surface area contributed by atoms with Crippen LogP contribution in [0.5, 0.6) is 0 Å². The summed E-state index contributed by atoms with van der Waals surface area (Å²) in [5.74, 6) is 1.60. The third kappa shape index (κ3) is 5.39. The summed E-state index contributed by atoms with van der Waals surface area (Å²) in [5, 5.41) is 0.248. The first-order chi connectivity index (χ1) is 17.0. The monoisotopic (exact) mass is 510 g/mol. The van der Waals surface area contributed by atoms with Gasteiger partial charge >= 0.3 is 0 Å². The first kappa shape index (κ1) is 26.5. The van der Waals surface area contributed by atoms with Crippen molar-refractivity contribution in [1.29, 1.82) is 0 Å². The van der Waals surface area contributed by atoms with Gasteiger partial charge in [-0.3, -0.25) is 9.59 Å². The van der Waals surface area contributed by atoms with Crippen LogP contribution in [0.4, 0.5) is 5.82 Å². The average Bonchev–Trinajstić information content (AvgIpc) is 2.85. The molecule has 194 valence electrons. The fourth-order valence-corrected chi connectivity index (χ4v) is 6.09. The van der Waals surface area contributed by atoms with E-state index in [0.29, 0.717) is 16.9 Å². The molecule has 2 heterocycles. The number of anilines is 1. The molecule has 2 fully saturated rings. The predicted octanol–water partition coefficient (Wildman–Crippen LogP) is 5.26. The molecule has 1 saturated carbocycles. The van der Waals surface area contributed by atoms with Gasteiger partial charge in [-0.05, 0) is 75.0 Å². The maximum atomic E-state index is 13.3. The molecule has 1 aromatic heterocycles. The van der Waals surface area contributed by atoms with Gasteiger partial charge in [-0.25, -0.2) is 4.98 Å². The van der Waals surface area contributed by atoms with E-state index in [1.807, 2.05) is 45.2 Å². The minimum absolute atomic E-state index is 0.141. The molecule has 4 rings (SSSR count). The van der Waals surface area contributed by atoms with Gasteiger partial charge in [0.25, 0.3) is 5.91 Å². The second-order valence-electron chi connectivity index (χ2n) is 11.5. The molecule has 0 unspecified atom stereocenters. The van der Waals surface area contributed by atoms with Crippen LogP contribution in [0.3, 0.4) is 0 Å². The van der Waals surface area contributed by atoms with Crippen LogP contribution >= 0.6 is 11.6 Å². The van der Waals surface area contributed by atoms with E-state index in [1.54, 1.807) is 20.2 Å². The quantitative estimate of drug-likeness (QED) is 0.477. The Kier molecular flexibility index (Phi) is 7.65. The van der Waals surface area contributed by atoms with Gasteiger partial charge in [-0.1, -0.05) is 41.9 Å². The highest BCUT2D eigenvalue weighted by molar-refractivity contribution is 6.32. The van der Waals surface area contributed by atoms with Crippen molar-refractivity contribution in [2.24, 2.45) is 11.3 Å². The summed E-state index contributed by atoms with van der Waals surface area (Å²) in [6, 6.07) is 13.7. The summed E-state index contributed by atoms with van der Waals surface area (Å²) in [4.78, 5) is 35.7. The van der Waals surface area contributed by atoms with Gasteiger partial charge in [0.15, 0.2) is 0 Å². The Labute approximate surface area is 220 Å². The number of nitrogens with zero attached hydrogens (tertiary/aromatic N) is 4. The molecule has 1 spiro atoms. The minimum Gasteiger partial charge on any atom is -0.360 e. The molecule has 0 atom stereocenters. The molecule has 6 nitrogen and oxygen atoms in total. The highest BCUT2D eigenvalue weighted by Gasteiger charge is 2.47. The SMILES string of the molecule is CN(C)C(=O)c1ccc(N(C)CCC2CC3(CCN(C(=O)C(C)(C)c4ccccc4)CC3)C2)nc1Cl. The zero-order valence-corrected chi connectivity index (χ0v) is 23.0. The summed E-state index contributed by atoms with van der Waals surface area (Å²) in [6.07, 6.45) is 5.81. The molecule has 1 aromatic carbocycles. The lowest BCUT2D eigenvalue weighted by atomic mass is 9.56. The maximum Gasteiger partial charge on any atom is 0.256 e. The number of rotatable bonds is 7. The van der Waals surface area contributed by atoms with Crippen molar-refractivity contribution in [3.8, 4) is 0 Å².